The van der Waals surface area contributed by atoms with Gasteiger partial charge in [0.25, 0.3) is 0 Å². The summed E-state index contributed by atoms with van der Waals surface area (Å²) in [6.07, 6.45) is 6.01. The summed E-state index contributed by atoms with van der Waals surface area (Å²) in [4.78, 5) is 0. The Morgan fingerprint density at radius 3 is 2.68 bits per heavy atom. The lowest BCUT2D eigenvalue weighted by atomic mass is 10.00. The van der Waals surface area contributed by atoms with E-state index in [1.165, 1.54) is 58.6 Å². The van der Waals surface area contributed by atoms with Crippen molar-refractivity contribution in [3.05, 3.63) is 47.5 Å². The highest BCUT2D eigenvalue weighted by Crippen LogP contribution is 2.33. The second-order valence-electron chi connectivity index (χ2n) is 6.29. The van der Waals surface area contributed by atoms with Gasteiger partial charge >= 0.3 is 0 Å². The number of benzene rings is 2. The van der Waals surface area contributed by atoms with Crippen LogP contribution in [0.1, 0.15) is 52.0 Å². The molecule has 0 radical (unpaired) electrons. The fourth-order valence-electron chi connectivity index (χ4n) is 3.54. The number of fused-ring (bicyclic) bond motifs is 3. The Morgan fingerprint density at radius 1 is 1.05 bits per heavy atom. The van der Waals surface area contributed by atoms with Crippen molar-refractivity contribution in [1.29, 1.82) is 0 Å². The van der Waals surface area contributed by atoms with Crippen molar-refractivity contribution >= 4 is 21.8 Å². The van der Waals surface area contributed by atoms with Crippen LogP contribution in [0.2, 0.25) is 0 Å². The van der Waals surface area contributed by atoms with E-state index < -0.39 is 0 Å². The van der Waals surface area contributed by atoms with E-state index in [0.717, 1.165) is 13.0 Å². The number of nitrogens with zero attached hydrogens (tertiary/aromatic N) is 1. The number of aromatic nitrogens is 1. The molecule has 116 valence electrons. The highest BCUT2D eigenvalue weighted by Gasteiger charge is 2.12. The molecule has 0 saturated heterocycles. The Bertz CT molecular complexity index is 829. The largest absolute Gasteiger partial charge is 0.341 e. The Morgan fingerprint density at radius 2 is 1.91 bits per heavy atom. The lowest BCUT2D eigenvalue weighted by Crippen LogP contribution is -1.93. The first kappa shape index (κ1) is 13.9. The van der Waals surface area contributed by atoms with Crippen molar-refractivity contribution in [2.45, 2.75) is 59.4 Å². The van der Waals surface area contributed by atoms with E-state index in [9.17, 15) is 0 Å². The molecule has 22 heavy (non-hydrogen) atoms. The second kappa shape index (κ2) is 6.56. The molecule has 0 saturated carbocycles. The molecule has 0 aliphatic heterocycles. The Kier molecular flexibility index (Phi) is 4.14. The predicted octanol–water partition coefficient (Wildman–Crippen LogP) is 6.25. The third kappa shape index (κ3) is 2.65. The minimum atomic E-state index is 0.700. The fourth-order valence-corrected chi connectivity index (χ4v) is 3.54. The maximum atomic E-state index is 8.42. The molecule has 1 heteroatoms. The van der Waals surface area contributed by atoms with Gasteiger partial charge in [-0.2, -0.15) is 0 Å². The minimum Gasteiger partial charge on any atom is -0.341 e. The smallest absolute Gasteiger partial charge is 0.0626 e. The zero-order chi connectivity index (χ0) is 16.4. The Hall–Kier alpha value is -1.76. The van der Waals surface area contributed by atoms with Gasteiger partial charge in [-0.1, -0.05) is 49.9 Å². The average Bonchev–Trinajstić information content (AvgIpc) is 2.86. The molecule has 0 bridgehead atoms. The molecular weight excluding hydrogens is 266 g/mol. The maximum absolute atomic E-state index is 8.42. The van der Waals surface area contributed by atoms with Gasteiger partial charge in [0, 0.05) is 28.4 Å². The van der Waals surface area contributed by atoms with Gasteiger partial charge < -0.3 is 4.57 Å². The molecular formula is C21H27N. The number of rotatable bonds is 6. The van der Waals surface area contributed by atoms with Crippen molar-refractivity contribution in [1.82, 2.24) is 4.57 Å². The third-order valence-electron chi connectivity index (χ3n) is 4.66. The molecule has 0 aliphatic rings. The van der Waals surface area contributed by atoms with Crippen LogP contribution in [0.15, 0.2) is 36.4 Å². The first-order valence-electron chi connectivity index (χ1n) is 9.18. The highest BCUT2D eigenvalue weighted by molar-refractivity contribution is 6.10. The van der Waals surface area contributed by atoms with E-state index in [1.807, 2.05) is 6.07 Å². The number of hydrogen-bond donors (Lipinski definition) is 0. The SMILES string of the molecule is [2H]c1ccc2c(c1CCCCCC)c1cc(C)ccc1n2CC. The molecule has 0 N–H and O–H groups in total. The van der Waals surface area contributed by atoms with Gasteiger partial charge in [-0.3, -0.25) is 0 Å². The van der Waals surface area contributed by atoms with E-state index >= 15 is 0 Å². The molecule has 3 rings (SSSR count). The Labute approximate surface area is 135 Å². The molecule has 1 heterocycles. The van der Waals surface area contributed by atoms with Crippen molar-refractivity contribution in [2.75, 3.05) is 0 Å². The summed E-state index contributed by atoms with van der Waals surface area (Å²) in [5.41, 5.74) is 5.12. The summed E-state index contributed by atoms with van der Waals surface area (Å²) in [5, 5.41) is 2.64. The molecule has 3 aromatic rings. The van der Waals surface area contributed by atoms with Gasteiger partial charge in [0.05, 0.1) is 1.37 Å². The molecule has 0 atom stereocenters. The third-order valence-corrected chi connectivity index (χ3v) is 4.66. The highest BCUT2D eigenvalue weighted by atomic mass is 15.0. The van der Waals surface area contributed by atoms with E-state index in [2.05, 4.69) is 49.6 Å². The average molecular weight is 294 g/mol. The Balaban J connectivity index is 2.20. The molecule has 0 unspecified atom stereocenters. The van der Waals surface area contributed by atoms with Crippen LogP contribution in [-0.4, -0.2) is 4.57 Å². The van der Waals surface area contributed by atoms with Crippen LogP contribution in [-0.2, 0) is 13.0 Å². The summed E-state index contributed by atoms with van der Waals surface area (Å²) in [6.45, 7) is 7.57. The van der Waals surface area contributed by atoms with Crippen molar-refractivity contribution in [3.63, 3.8) is 0 Å². The predicted molar refractivity (Wildman–Crippen MR) is 97.7 cm³/mol. The number of aryl methyl sites for hydroxylation is 3. The van der Waals surface area contributed by atoms with Crippen LogP contribution in [0.25, 0.3) is 21.8 Å². The van der Waals surface area contributed by atoms with E-state index in [-0.39, 0.29) is 0 Å². The first-order chi connectivity index (χ1) is 11.2. The molecule has 1 aromatic heterocycles. The van der Waals surface area contributed by atoms with Gasteiger partial charge in [0.15, 0.2) is 0 Å². The van der Waals surface area contributed by atoms with Gasteiger partial charge in [-0.25, -0.2) is 0 Å². The second-order valence-corrected chi connectivity index (χ2v) is 6.29. The number of unbranched alkanes of at least 4 members (excludes halogenated alkanes) is 3. The fraction of sp³-hybridized carbons (Fsp3) is 0.429. The summed E-state index contributed by atoms with van der Waals surface area (Å²) in [5.74, 6) is 0. The van der Waals surface area contributed by atoms with E-state index in [4.69, 9.17) is 1.37 Å². The van der Waals surface area contributed by atoms with Crippen molar-refractivity contribution in [2.24, 2.45) is 0 Å². The zero-order valence-electron chi connectivity index (χ0n) is 15.1. The van der Waals surface area contributed by atoms with Crippen molar-refractivity contribution < 1.29 is 1.37 Å². The molecule has 0 spiro atoms. The minimum absolute atomic E-state index is 0.700. The zero-order valence-corrected chi connectivity index (χ0v) is 14.1. The molecule has 0 amide bonds. The molecule has 2 aromatic carbocycles. The van der Waals surface area contributed by atoms with Crippen molar-refractivity contribution in [3.8, 4) is 0 Å². The normalized spacial score (nSPS) is 12.2. The lowest BCUT2D eigenvalue weighted by molar-refractivity contribution is 0.668. The van der Waals surface area contributed by atoms with Crippen LogP contribution in [0.4, 0.5) is 0 Å². The van der Waals surface area contributed by atoms with Crippen LogP contribution < -0.4 is 0 Å². The van der Waals surface area contributed by atoms with Crippen LogP contribution >= 0.6 is 0 Å². The monoisotopic (exact) mass is 294 g/mol. The van der Waals surface area contributed by atoms with Crippen LogP contribution in [0, 0.1) is 6.92 Å². The van der Waals surface area contributed by atoms with Crippen LogP contribution in [0.5, 0.6) is 0 Å². The van der Waals surface area contributed by atoms with Gasteiger partial charge in [-0.15, -0.1) is 0 Å². The summed E-state index contributed by atoms with van der Waals surface area (Å²) >= 11 is 0. The standard InChI is InChI=1S/C21H27N/c1-4-6-7-8-10-17-11-9-12-20-21(17)18-15-16(3)13-14-19(18)22(20)5-2/h9,11-15H,4-8,10H2,1-3H3/i11D. The summed E-state index contributed by atoms with van der Waals surface area (Å²) in [6, 6.07) is 11.5. The van der Waals surface area contributed by atoms with E-state index in [1.54, 1.807) is 0 Å². The number of hydrogen-bond acceptors (Lipinski definition) is 0. The molecule has 0 fully saturated rings. The quantitative estimate of drug-likeness (QED) is 0.474. The van der Waals surface area contributed by atoms with Gasteiger partial charge in [0.1, 0.15) is 0 Å². The molecule has 0 aliphatic carbocycles. The van der Waals surface area contributed by atoms with Gasteiger partial charge in [0.2, 0.25) is 0 Å². The maximum Gasteiger partial charge on any atom is 0.0626 e. The van der Waals surface area contributed by atoms with Crippen LogP contribution in [0.3, 0.4) is 0 Å². The molecule has 1 nitrogen and oxygen atoms in total. The topological polar surface area (TPSA) is 4.93 Å². The van der Waals surface area contributed by atoms with E-state index in [0.29, 0.717) is 6.04 Å². The summed E-state index contributed by atoms with van der Waals surface area (Å²) in [7, 11) is 0. The summed E-state index contributed by atoms with van der Waals surface area (Å²) < 4.78 is 10.8. The van der Waals surface area contributed by atoms with Gasteiger partial charge in [-0.05, 0) is 50.5 Å². The lowest BCUT2D eigenvalue weighted by Gasteiger charge is -2.06. The first-order valence-corrected chi connectivity index (χ1v) is 8.68.